The minimum atomic E-state index is -0.851. The molecule has 0 bridgehead atoms. The molecule has 0 aliphatic carbocycles. The maximum atomic E-state index is 11.7. The van der Waals surface area contributed by atoms with Crippen molar-refractivity contribution < 1.29 is 19.2 Å². The predicted molar refractivity (Wildman–Crippen MR) is 54.8 cm³/mol. The molecule has 10 heteroatoms. The Kier molecular flexibility index (Phi) is 3.16. The summed E-state index contributed by atoms with van der Waals surface area (Å²) in [6.07, 6.45) is 1.91. The van der Waals surface area contributed by atoms with E-state index in [1.165, 1.54) is 0 Å². The minimum Gasteiger partial charge on any atom is -0.273 e. The van der Waals surface area contributed by atoms with Crippen molar-refractivity contribution in [1.29, 1.82) is 0 Å². The van der Waals surface area contributed by atoms with Crippen LogP contribution in [0.25, 0.3) is 0 Å². The summed E-state index contributed by atoms with van der Waals surface area (Å²) in [5, 5.41) is 1.16. The van der Waals surface area contributed by atoms with Crippen molar-refractivity contribution in [2.45, 2.75) is 12.5 Å². The Morgan fingerprint density at radius 2 is 1.72 bits per heavy atom. The van der Waals surface area contributed by atoms with E-state index in [0.717, 1.165) is 12.2 Å². The van der Waals surface area contributed by atoms with Gasteiger partial charge in [0.25, 0.3) is 17.7 Å². The Hall–Kier alpha value is -2.14. The lowest BCUT2D eigenvalue weighted by molar-refractivity contribution is -0.156. The SMILES string of the molecule is NNNC1CC(=O)N(NN2C(=O)C=CC2=O)C1=O. The normalized spacial score (nSPS) is 23.7. The number of nitrogens with one attached hydrogen (secondary N) is 3. The highest BCUT2D eigenvalue weighted by Crippen LogP contribution is 2.11. The quantitative estimate of drug-likeness (QED) is 0.230. The van der Waals surface area contributed by atoms with Crippen LogP contribution in [0.3, 0.4) is 0 Å². The molecule has 10 nitrogen and oxygen atoms in total. The van der Waals surface area contributed by atoms with Crippen molar-refractivity contribution in [3.8, 4) is 0 Å². The van der Waals surface area contributed by atoms with Crippen LogP contribution < -0.4 is 22.3 Å². The summed E-state index contributed by atoms with van der Waals surface area (Å²) in [4.78, 5) is 45.8. The van der Waals surface area contributed by atoms with Gasteiger partial charge in [0.05, 0.1) is 6.42 Å². The van der Waals surface area contributed by atoms with Crippen molar-refractivity contribution in [3.63, 3.8) is 0 Å². The van der Waals surface area contributed by atoms with Crippen LogP contribution in [0.15, 0.2) is 12.2 Å². The second-order valence-corrected chi connectivity index (χ2v) is 3.56. The Morgan fingerprint density at radius 1 is 1.11 bits per heavy atom. The average molecular weight is 254 g/mol. The molecule has 0 saturated carbocycles. The second-order valence-electron chi connectivity index (χ2n) is 3.56. The molecule has 2 aliphatic heterocycles. The molecule has 1 atom stereocenters. The van der Waals surface area contributed by atoms with Crippen molar-refractivity contribution in [2.24, 2.45) is 5.84 Å². The summed E-state index contributed by atoms with van der Waals surface area (Å²) < 4.78 is 0. The van der Waals surface area contributed by atoms with E-state index in [2.05, 4.69) is 16.5 Å². The van der Waals surface area contributed by atoms with Gasteiger partial charge < -0.3 is 0 Å². The fraction of sp³-hybridized carbons (Fsp3) is 0.250. The third-order valence-electron chi connectivity index (χ3n) is 2.41. The number of hydrogen-bond acceptors (Lipinski definition) is 8. The summed E-state index contributed by atoms with van der Waals surface area (Å²) in [6.45, 7) is 0. The highest BCUT2D eigenvalue weighted by Gasteiger charge is 2.41. The van der Waals surface area contributed by atoms with Gasteiger partial charge in [-0.05, 0) is 0 Å². The Labute approximate surface area is 101 Å². The molecule has 1 unspecified atom stereocenters. The summed E-state index contributed by atoms with van der Waals surface area (Å²) in [7, 11) is 0. The Balaban J connectivity index is 2.06. The first kappa shape index (κ1) is 12.3. The fourth-order valence-electron chi connectivity index (χ4n) is 1.55. The summed E-state index contributed by atoms with van der Waals surface area (Å²) >= 11 is 0. The minimum absolute atomic E-state index is 0.139. The number of carbonyl (C=O) groups is 4. The van der Waals surface area contributed by atoms with Crippen molar-refractivity contribution in [2.75, 3.05) is 0 Å². The third-order valence-corrected chi connectivity index (χ3v) is 2.41. The Bertz CT molecular complexity index is 443. The number of hydrazine groups is 4. The first-order valence-electron chi connectivity index (χ1n) is 4.95. The molecule has 0 aromatic carbocycles. The highest BCUT2D eigenvalue weighted by molar-refractivity contribution is 6.13. The van der Waals surface area contributed by atoms with Gasteiger partial charge in [-0.15, -0.1) is 5.53 Å². The van der Waals surface area contributed by atoms with Crippen LogP contribution in [-0.4, -0.2) is 39.7 Å². The lowest BCUT2D eigenvalue weighted by Gasteiger charge is -2.22. The zero-order valence-electron chi connectivity index (χ0n) is 9.04. The number of nitrogens with zero attached hydrogens (tertiary/aromatic N) is 2. The van der Waals surface area contributed by atoms with Crippen molar-refractivity contribution in [1.82, 2.24) is 26.5 Å². The third kappa shape index (κ3) is 2.00. The summed E-state index contributed by atoms with van der Waals surface area (Å²) in [5.74, 6) is 2.43. The number of carbonyl (C=O) groups excluding carboxylic acids is 4. The van der Waals surface area contributed by atoms with Gasteiger partial charge in [0.15, 0.2) is 0 Å². The molecule has 0 aromatic rings. The Morgan fingerprint density at radius 3 is 2.28 bits per heavy atom. The monoisotopic (exact) mass is 254 g/mol. The maximum absolute atomic E-state index is 11.7. The molecule has 1 fully saturated rings. The van der Waals surface area contributed by atoms with E-state index < -0.39 is 29.7 Å². The lowest BCUT2D eigenvalue weighted by Crippen LogP contribution is -2.56. The molecule has 18 heavy (non-hydrogen) atoms. The number of amides is 4. The second kappa shape index (κ2) is 4.62. The summed E-state index contributed by atoms with van der Waals surface area (Å²) in [6, 6.07) is -0.851. The number of imide groups is 2. The highest BCUT2D eigenvalue weighted by atomic mass is 16.2. The predicted octanol–water partition coefficient (Wildman–Crippen LogP) is -3.57. The molecule has 5 N–H and O–H groups in total. The van der Waals surface area contributed by atoms with E-state index in [4.69, 9.17) is 5.84 Å². The van der Waals surface area contributed by atoms with Crippen LogP contribution in [-0.2, 0) is 19.2 Å². The number of hydrogen-bond donors (Lipinski definition) is 4. The molecule has 4 amide bonds. The van der Waals surface area contributed by atoms with Crippen LogP contribution in [0.2, 0.25) is 0 Å². The van der Waals surface area contributed by atoms with Crippen molar-refractivity contribution >= 4 is 23.6 Å². The summed E-state index contributed by atoms with van der Waals surface area (Å²) in [5.41, 5.74) is 6.59. The lowest BCUT2D eigenvalue weighted by atomic mass is 10.3. The molecule has 96 valence electrons. The first-order valence-corrected chi connectivity index (χ1v) is 4.95. The fourth-order valence-corrected chi connectivity index (χ4v) is 1.55. The molecule has 0 radical (unpaired) electrons. The van der Waals surface area contributed by atoms with Crippen LogP contribution >= 0.6 is 0 Å². The van der Waals surface area contributed by atoms with Gasteiger partial charge >= 0.3 is 0 Å². The molecule has 2 rings (SSSR count). The van der Waals surface area contributed by atoms with Crippen LogP contribution in [0.5, 0.6) is 0 Å². The van der Waals surface area contributed by atoms with E-state index in [-0.39, 0.29) is 6.42 Å². The standard InChI is InChI=1S/C8H10N6O4/c9-11-10-4-3-7(17)14(8(4)18)12-13-5(15)1-2-6(13)16/h1-2,4,10-12H,3,9H2. The van der Waals surface area contributed by atoms with E-state index in [1.807, 2.05) is 0 Å². The van der Waals surface area contributed by atoms with E-state index in [9.17, 15) is 19.2 Å². The number of nitrogens with two attached hydrogens (primary N) is 1. The van der Waals surface area contributed by atoms with Crippen LogP contribution in [0, 0.1) is 0 Å². The largest absolute Gasteiger partial charge is 0.273 e. The van der Waals surface area contributed by atoms with Gasteiger partial charge in [0.1, 0.15) is 6.04 Å². The molecular weight excluding hydrogens is 244 g/mol. The van der Waals surface area contributed by atoms with E-state index in [0.29, 0.717) is 10.0 Å². The maximum Gasteiger partial charge on any atom is 0.269 e. The van der Waals surface area contributed by atoms with Crippen LogP contribution in [0.4, 0.5) is 0 Å². The van der Waals surface area contributed by atoms with Gasteiger partial charge in [0.2, 0.25) is 5.91 Å². The van der Waals surface area contributed by atoms with E-state index in [1.54, 1.807) is 0 Å². The first-order chi connectivity index (χ1) is 8.54. The van der Waals surface area contributed by atoms with Gasteiger partial charge in [0, 0.05) is 12.2 Å². The molecule has 0 spiro atoms. The van der Waals surface area contributed by atoms with Crippen molar-refractivity contribution in [3.05, 3.63) is 12.2 Å². The molecule has 2 aliphatic rings. The molecular formula is C8H10N6O4. The van der Waals surface area contributed by atoms with Gasteiger partial charge in [-0.3, -0.25) is 25.0 Å². The topological polar surface area (TPSA) is 137 Å². The zero-order valence-corrected chi connectivity index (χ0v) is 9.04. The van der Waals surface area contributed by atoms with Gasteiger partial charge in [-0.1, -0.05) is 0 Å². The smallest absolute Gasteiger partial charge is 0.269 e. The van der Waals surface area contributed by atoms with Gasteiger partial charge in [-0.25, -0.2) is 5.43 Å². The molecule has 2 heterocycles. The average Bonchev–Trinajstić information content (AvgIpc) is 2.77. The van der Waals surface area contributed by atoms with Crippen LogP contribution in [0.1, 0.15) is 6.42 Å². The molecule has 0 aromatic heterocycles. The molecule has 1 saturated heterocycles. The van der Waals surface area contributed by atoms with Gasteiger partial charge in [-0.2, -0.15) is 15.6 Å². The number of rotatable bonds is 4. The zero-order chi connectivity index (χ0) is 13.3. The van der Waals surface area contributed by atoms with E-state index >= 15 is 0 Å².